The number of rotatable bonds is 3. The Hall–Kier alpha value is -1.86. The van der Waals surface area contributed by atoms with Gasteiger partial charge in [0.15, 0.2) is 0 Å². The number of amides is 1. The maximum atomic E-state index is 12.3. The van der Waals surface area contributed by atoms with Crippen LogP contribution >= 0.6 is 0 Å². The Morgan fingerprint density at radius 2 is 2.29 bits per heavy atom. The maximum absolute atomic E-state index is 12.3. The number of aromatic nitrogens is 1. The number of nitrogens with zero attached hydrogens (tertiary/aromatic N) is 1. The highest BCUT2D eigenvalue weighted by Gasteiger charge is 2.22. The lowest BCUT2D eigenvalue weighted by atomic mass is 9.80. The normalized spacial score (nSPS) is 21.2. The van der Waals surface area contributed by atoms with E-state index in [1.807, 2.05) is 0 Å². The van der Waals surface area contributed by atoms with Gasteiger partial charge in [-0.1, -0.05) is 38.0 Å². The third-order valence-corrected chi connectivity index (χ3v) is 4.16. The first-order chi connectivity index (χ1) is 10.2. The van der Waals surface area contributed by atoms with Gasteiger partial charge in [0.1, 0.15) is 5.69 Å². The van der Waals surface area contributed by atoms with Gasteiger partial charge in [0, 0.05) is 12.7 Å². The molecule has 0 aliphatic heterocycles. The molecule has 0 radical (unpaired) electrons. The second-order valence-electron chi connectivity index (χ2n) is 5.64. The summed E-state index contributed by atoms with van der Waals surface area (Å²) >= 11 is 0. The van der Waals surface area contributed by atoms with Crippen LogP contribution in [0.2, 0.25) is 0 Å². The summed E-state index contributed by atoms with van der Waals surface area (Å²) in [5, 5.41) is 3.02. The molecule has 0 spiro atoms. The molecule has 1 aliphatic carbocycles. The Kier molecular flexibility index (Phi) is 5.77. The molecule has 1 heterocycles. The molecule has 1 fully saturated rings. The zero-order valence-corrected chi connectivity index (χ0v) is 12.6. The van der Waals surface area contributed by atoms with Crippen LogP contribution in [-0.2, 0) is 0 Å². The van der Waals surface area contributed by atoms with Gasteiger partial charge in [0.25, 0.3) is 5.91 Å². The summed E-state index contributed by atoms with van der Waals surface area (Å²) in [6.07, 6.45) is 6.65. The van der Waals surface area contributed by atoms with Crippen LogP contribution < -0.4 is 11.1 Å². The van der Waals surface area contributed by atoms with E-state index in [1.165, 1.54) is 25.7 Å². The van der Waals surface area contributed by atoms with Crippen molar-refractivity contribution in [1.82, 2.24) is 10.3 Å². The van der Waals surface area contributed by atoms with Crippen LogP contribution in [0.5, 0.6) is 0 Å². The van der Waals surface area contributed by atoms with E-state index >= 15 is 0 Å². The van der Waals surface area contributed by atoms with Crippen molar-refractivity contribution in [3.05, 3.63) is 29.6 Å². The molecule has 0 bridgehead atoms. The molecule has 0 aromatic carbocycles. The molecule has 2 unspecified atom stereocenters. The Balaban J connectivity index is 2.00. The van der Waals surface area contributed by atoms with Crippen molar-refractivity contribution in [2.24, 2.45) is 17.6 Å². The Bertz CT molecular complexity index is 544. The predicted octanol–water partition coefficient (Wildman–Crippen LogP) is 1.95. The summed E-state index contributed by atoms with van der Waals surface area (Å²) in [5.41, 5.74) is 6.41. The Morgan fingerprint density at radius 3 is 3.05 bits per heavy atom. The lowest BCUT2D eigenvalue weighted by molar-refractivity contribution is 0.0931. The molecule has 4 heteroatoms. The molecular weight excluding hydrogens is 262 g/mol. The van der Waals surface area contributed by atoms with Crippen LogP contribution in [0.4, 0.5) is 0 Å². The lowest BCUT2D eigenvalue weighted by Crippen LogP contribution is -2.34. The summed E-state index contributed by atoms with van der Waals surface area (Å²) in [6, 6.07) is 3.58. The maximum Gasteiger partial charge on any atom is 0.271 e. The average molecular weight is 285 g/mol. The second kappa shape index (κ2) is 7.80. The first kappa shape index (κ1) is 15.5. The summed E-state index contributed by atoms with van der Waals surface area (Å²) in [4.78, 5) is 16.5. The Labute approximate surface area is 126 Å². The van der Waals surface area contributed by atoms with Gasteiger partial charge in [-0.05, 0) is 30.4 Å². The van der Waals surface area contributed by atoms with Gasteiger partial charge in [0.05, 0.1) is 12.1 Å². The van der Waals surface area contributed by atoms with Crippen LogP contribution in [-0.4, -0.2) is 24.0 Å². The second-order valence-corrected chi connectivity index (χ2v) is 5.64. The van der Waals surface area contributed by atoms with E-state index in [0.29, 0.717) is 23.1 Å². The quantitative estimate of drug-likeness (QED) is 0.834. The topological polar surface area (TPSA) is 68.0 Å². The SMILES string of the molecule is CC1CCCCC1CNC(=O)c1ncccc1C#CCN. The smallest absolute Gasteiger partial charge is 0.271 e. The highest BCUT2D eigenvalue weighted by Crippen LogP contribution is 2.28. The minimum atomic E-state index is -0.144. The van der Waals surface area contributed by atoms with Gasteiger partial charge >= 0.3 is 0 Å². The molecule has 1 aliphatic rings. The van der Waals surface area contributed by atoms with Crippen LogP contribution in [0.15, 0.2) is 18.3 Å². The number of nitrogens with two attached hydrogens (primary N) is 1. The zero-order chi connectivity index (χ0) is 15.1. The first-order valence-corrected chi connectivity index (χ1v) is 7.64. The van der Waals surface area contributed by atoms with Crippen molar-refractivity contribution in [3.8, 4) is 11.8 Å². The molecule has 1 aromatic heterocycles. The number of carbonyl (C=O) groups is 1. The van der Waals surface area contributed by atoms with Crippen molar-refractivity contribution in [1.29, 1.82) is 0 Å². The minimum absolute atomic E-state index is 0.144. The number of pyridine rings is 1. The molecule has 21 heavy (non-hydrogen) atoms. The standard InChI is InChI=1S/C17H23N3O/c1-13-6-2-3-7-15(13)12-20-17(21)16-14(8-4-10-18)9-5-11-19-16/h5,9,11,13,15H,2-3,6-7,10,12,18H2,1H3,(H,20,21). The van der Waals surface area contributed by atoms with Gasteiger partial charge in [-0.15, -0.1) is 0 Å². The van der Waals surface area contributed by atoms with Gasteiger partial charge in [0.2, 0.25) is 0 Å². The summed E-state index contributed by atoms with van der Waals surface area (Å²) < 4.78 is 0. The zero-order valence-electron chi connectivity index (χ0n) is 12.6. The van der Waals surface area contributed by atoms with Crippen molar-refractivity contribution >= 4 is 5.91 Å². The monoisotopic (exact) mass is 285 g/mol. The number of nitrogens with one attached hydrogen (secondary N) is 1. The predicted molar refractivity (Wildman–Crippen MR) is 83.6 cm³/mol. The van der Waals surface area contributed by atoms with Crippen molar-refractivity contribution < 1.29 is 4.79 Å². The molecule has 2 atom stereocenters. The number of carbonyl (C=O) groups excluding carboxylic acids is 1. The van der Waals surface area contributed by atoms with E-state index in [-0.39, 0.29) is 12.5 Å². The molecular formula is C17H23N3O. The fraction of sp³-hybridized carbons (Fsp3) is 0.529. The average Bonchev–Trinajstić information content (AvgIpc) is 2.52. The van der Waals surface area contributed by atoms with Gasteiger partial charge in [-0.2, -0.15) is 0 Å². The molecule has 1 amide bonds. The van der Waals surface area contributed by atoms with E-state index in [4.69, 9.17) is 5.73 Å². The van der Waals surface area contributed by atoms with E-state index < -0.39 is 0 Å². The van der Waals surface area contributed by atoms with E-state index in [9.17, 15) is 4.79 Å². The molecule has 2 rings (SSSR count). The molecule has 1 saturated carbocycles. The van der Waals surface area contributed by atoms with Crippen LogP contribution in [0.3, 0.4) is 0 Å². The number of hydrogen-bond acceptors (Lipinski definition) is 3. The highest BCUT2D eigenvalue weighted by atomic mass is 16.1. The van der Waals surface area contributed by atoms with Crippen LogP contribution in [0.1, 0.15) is 48.7 Å². The van der Waals surface area contributed by atoms with Crippen LogP contribution in [0.25, 0.3) is 0 Å². The van der Waals surface area contributed by atoms with Crippen molar-refractivity contribution in [3.63, 3.8) is 0 Å². The fourth-order valence-electron chi connectivity index (χ4n) is 2.84. The van der Waals surface area contributed by atoms with Gasteiger partial charge in [-0.3, -0.25) is 4.79 Å². The first-order valence-electron chi connectivity index (χ1n) is 7.64. The van der Waals surface area contributed by atoms with Gasteiger partial charge in [-0.25, -0.2) is 4.98 Å². The lowest BCUT2D eigenvalue weighted by Gasteiger charge is -2.28. The summed E-state index contributed by atoms with van der Waals surface area (Å²) in [7, 11) is 0. The Morgan fingerprint density at radius 1 is 1.48 bits per heavy atom. The fourth-order valence-corrected chi connectivity index (χ4v) is 2.84. The number of hydrogen-bond donors (Lipinski definition) is 2. The van der Waals surface area contributed by atoms with Crippen molar-refractivity contribution in [2.75, 3.05) is 13.1 Å². The minimum Gasteiger partial charge on any atom is -0.350 e. The third-order valence-electron chi connectivity index (χ3n) is 4.16. The highest BCUT2D eigenvalue weighted by molar-refractivity contribution is 5.94. The molecule has 112 valence electrons. The van der Waals surface area contributed by atoms with Crippen LogP contribution in [0, 0.1) is 23.7 Å². The molecule has 4 nitrogen and oxygen atoms in total. The third kappa shape index (κ3) is 4.30. The summed E-state index contributed by atoms with van der Waals surface area (Å²) in [5.74, 6) is 6.78. The summed E-state index contributed by atoms with van der Waals surface area (Å²) in [6.45, 7) is 3.27. The molecule has 3 N–H and O–H groups in total. The largest absolute Gasteiger partial charge is 0.350 e. The van der Waals surface area contributed by atoms with Crippen molar-refractivity contribution in [2.45, 2.75) is 32.6 Å². The van der Waals surface area contributed by atoms with E-state index in [2.05, 4.69) is 29.1 Å². The van der Waals surface area contributed by atoms with E-state index in [0.717, 1.165) is 6.54 Å². The van der Waals surface area contributed by atoms with E-state index in [1.54, 1.807) is 18.3 Å². The van der Waals surface area contributed by atoms with Gasteiger partial charge < -0.3 is 11.1 Å². The molecule has 0 saturated heterocycles. The molecule has 1 aromatic rings.